The number of anilines is 2. The molecule has 6 heteroatoms. The number of hydrogen-bond acceptors (Lipinski definition) is 2. The van der Waals surface area contributed by atoms with Crippen LogP contribution in [0.25, 0.3) is 0 Å². The molecule has 0 unspecified atom stereocenters. The average Bonchev–Trinajstić information content (AvgIpc) is 2.85. The Morgan fingerprint density at radius 1 is 1.21 bits per heavy atom. The van der Waals surface area contributed by atoms with Gasteiger partial charge in [0.25, 0.3) is 0 Å². The summed E-state index contributed by atoms with van der Waals surface area (Å²) >= 11 is 6.25. The quantitative estimate of drug-likeness (QED) is 0.826. The minimum Gasteiger partial charge on any atom is -0.326 e. The minimum atomic E-state index is -0.155. The van der Waals surface area contributed by atoms with Crippen molar-refractivity contribution in [1.29, 1.82) is 0 Å². The Labute approximate surface area is 147 Å². The third-order valence-corrected chi connectivity index (χ3v) is 5.42. The van der Waals surface area contributed by atoms with Crippen LogP contribution in [-0.4, -0.2) is 28.9 Å². The first kappa shape index (κ1) is 17.1. The fourth-order valence-electron chi connectivity index (χ4n) is 4.14. The van der Waals surface area contributed by atoms with Gasteiger partial charge in [0.2, 0.25) is 5.91 Å². The zero-order valence-corrected chi connectivity index (χ0v) is 14.9. The molecule has 0 aromatic heterocycles. The monoisotopic (exact) mass is 349 g/mol. The molecule has 2 N–H and O–H groups in total. The Bertz CT molecular complexity index is 649. The van der Waals surface area contributed by atoms with Gasteiger partial charge in [-0.1, -0.05) is 24.4 Å². The van der Waals surface area contributed by atoms with E-state index in [4.69, 9.17) is 11.6 Å². The molecule has 1 aliphatic heterocycles. The summed E-state index contributed by atoms with van der Waals surface area (Å²) < 4.78 is 0. The number of halogens is 1. The smallest absolute Gasteiger partial charge is 0.322 e. The van der Waals surface area contributed by atoms with E-state index in [-0.39, 0.29) is 18.0 Å². The van der Waals surface area contributed by atoms with Crippen LogP contribution in [0.4, 0.5) is 16.2 Å². The van der Waals surface area contributed by atoms with Gasteiger partial charge >= 0.3 is 6.03 Å². The second-order valence-corrected chi connectivity index (χ2v) is 7.32. The molecular weight excluding hydrogens is 326 g/mol. The summed E-state index contributed by atoms with van der Waals surface area (Å²) in [6.45, 7) is 3.57. The van der Waals surface area contributed by atoms with Crippen LogP contribution in [0.5, 0.6) is 0 Å². The zero-order chi connectivity index (χ0) is 17.3. The van der Waals surface area contributed by atoms with Gasteiger partial charge in [0.05, 0.1) is 10.7 Å². The van der Waals surface area contributed by atoms with E-state index in [9.17, 15) is 9.59 Å². The van der Waals surface area contributed by atoms with E-state index in [2.05, 4.69) is 17.6 Å². The summed E-state index contributed by atoms with van der Waals surface area (Å²) in [5.74, 6) is 0.481. The van der Waals surface area contributed by atoms with Gasteiger partial charge in [0.1, 0.15) is 0 Å². The first-order valence-electron chi connectivity index (χ1n) is 8.62. The van der Waals surface area contributed by atoms with Crippen LogP contribution in [-0.2, 0) is 4.79 Å². The standard InChI is InChI=1S/C18H24ClN3O2/c1-11-9-13-5-3-4-6-17(13)22(11)18(24)21-16-8-7-14(10-15(16)19)20-12(2)23/h7-8,10-11,13,17H,3-6,9H2,1-2H3,(H,20,23)(H,21,24)/t11-,13-,17-/m0/s1. The number of nitrogens with one attached hydrogen (secondary N) is 2. The molecule has 3 rings (SSSR count). The van der Waals surface area contributed by atoms with E-state index in [1.165, 1.54) is 26.2 Å². The van der Waals surface area contributed by atoms with Crippen LogP contribution >= 0.6 is 11.6 Å². The maximum absolute atomic E-state index is 12.8. The lowest BCUT2D eigenvalue weighted by molar-refractivity contribution is -0.114. The molecule has 1 aliphatic carbocycles. The first-order chi connectivity index (χ1) is 11.5. The van der Waals surface area contributed by atoms with E-state index in [0.29, 0.717) is 28.4 Å². The van der Waals surface area contributed by atoms with Crippen LogP contribution in [0, 0.1) is 5.92 Å². The van der Waals surface area contributed by atoms with Gasteiger partial charge in [-0.05, 0) is 50.3 Å². The van der Waals surface area contributed by atoms with Gasteiger partial charge in [0, 0.05) is 24.7 Å². The summed E-state index contributed by atoms with van der Waals surface area (Å²) in [6, 6.07) is 5.65. The molecule has 24 heavy (non-hydrogen) atoms. The van der Waals surface area contributed by atoms with Gasteiger partial charge in [-0.2, -0.15) is 0 Å². The predicted molar refractivity (Wildman–Crippen MR) is 96.4 cm³/mol. The third kappa shape index (κ3) is 3.51. The summed E-state index contributed by atoms with van der Waals surface area (Å²) in [5.41, 5.74) is 1.19. The number of benzene rings is 1. The maximum atomic E-state index is 12.8. The lowest BCUT2D eigenvalue weighted by Gasteiger charge is -2.33. The van der Waals surface area contributed by atoms with E-state index in [0.717, 1.165) is 12.8 Å². The van der Waals surface area contributed by atoms with Crippen molar-refractivity contribution in [2.75, 3.05) is 10.6 Å². The van der Waals surface area contributed by atoms with Crippen molar-refractivity contribution in [3.8, 4) is 0 Å². The number of fused-ring (bicyclic) bond motifs is 1. The van der Waals surface area contributed by atoms with Crippen molar-refractivity contribution in [3.05, 3.63) is 23.2 Å². The highest BCUT2D eigenvalue weighted by molar-refractivity contribution is 6.34. The Hall–Kier alpha value is -1.75. The third-order valence-electron chi connectivity index (χ3n) is 5.11. The summed E-state index contributed by atoms with van der Waals surface area (Å²) in [4.78, 5) is 25.9. The van der Waals surface area contributed by atoms with Gasteiger partial charge in [-0.3, -0.25) is 4.79 Å². The van der Waals surface area contributed by atoms with Crippen LogP contribution in [0.1, 0.15) is 46.0 Å². The van der Waals surface area contributed by atoms with Crippen LogP contribution in [0.2, 0.25) is 5.02 Å². The number of amides is 3. The van der Waals surface area contributed by atoms with Gasteiger partial charge in [0.15, 0.2) is 0 Å². The molecule has 3 amide bonds. The summed E-state index contributed by atoms with van der Waals surface area (Å²) in [5, 5.41) is 6.04. The molecule has 0 bridgehead atoms. The second-order valence-electron chi connectivity index (χ2n) is 6.91. The van der Waals surface area contributed by atoms with Crippen LogP contribution < -0.4 is 10.6 Å². The van der Waals surface area contributed by atoms with E-state index in [1.807, 2.05) is 4.90 Å². The van der Waals surface area contributed by atoms with E-state index < -0.39 is 0 Å². The SMILES string of the molecule is CC(=O)Nc1ccc(NC(=O)N2[C@@H](C)C[C@@H]3CCCC[C@@H]32)c(Cl)c1. The molecule has 130 valence electrons. The van der Waals surface area contributed by atoms with Crippen molar-refractivity contribution in [1.82, 2.24) is 4.90 Å². The zero-order valence-electron chi connectivity index (χ0n) is 14.1. The molecule has 1 aromatic carbocycles. The molecule has 1 saturated carbocycles. The summed E-state index contributed by atoms with van der Waals surface area (Å²) in [6.07, 6.45) is 5.89. The topological polar surface area (TPSA) is 61.4 Å². The summed E-state index contributed by atoms with van der Waals surface area (Å²) in [7, 11) is 0. The van der Waals surface area contributed by atoms with Crippen LogP contribution in [0.3, 0.4) is 0 Å². The van der Waals surface area contributed by atoms with Crippen molar-refractivity contribution >= 4 is 34.9 Å². The Balaban J connectivity index is 1.71. The fraction of sp³-hybridized carbons (Fsp3) is 0.556. The predicted octanol–water partition coefficient (Wildman–Crippen LogP) is 4.48. The molecule has 1 heterocycles. The lowest BCUT2D eigenvalue weighted by atomic mass is 9.85. The van der Waals surface area contributed by atoms with Crippen molar-refractivity contribution in [2.45, 2.75) is 58.0 Å². The molecule has 5 nitrogen and oxygen atoms in total. The Kier molecular flexibility index (Phi) is 4.99. The van der Waals surface area contributed by atoms with Gasteiger partial charge in [-0.15, -0.1) is 0 Å². The largest absolute Gasteiger partial charge is 0.326 e. The second kappa shape index (κ2) is 7.01. The van der Waals surface area contributed by atoms with Crippen molar-refractivity contribution in [3.63, 3.8) is 0 Å². The Morgan fingerprint density at radius 3 is 2.67 bits per heavy atom. The molecule has 2 fully saturated rings. The Morgan fingerprint density at radius 2 is 1.96 bits per heavy atom. The number of nitrogens with zero attached hydrogens (tertiary/aromatic N) is 1. The van der Waals surface area contributed by atoms with Crippen molar-refractivity contribution in [2.24, 2.45) is 5.92 Å². The number of likely N-dealkylation sites (tertiary alicyclic amines) is 1. The maximum Gasteiger partial charge on any atom is 0.322 e. The van der Waals surface area contributed by atoms with Gasteiger partial charge < -0.3 is 15.5 Å². The number of urea groups is 1. The highest BCUT2D eigenvalue weighted by Crippen LogP contribution is 2.40. The molecule has 1 aromatic rings. The molecule has 3 atom stereocenters. The first-order valence-corrected chi connectivity index (χ1v) is 9.00. The molecular formula is C18H24ClN3O2. The number of carbonyl (C=O) groups is 2. The highest BCUT2D eigenvalue weighted by atomic mass is 35.5. The van der Waals surface area contributed by atoms with Crippen molar-refractivity contribution < 1.29 is 9.59 Å². The molecule has 0 spiro atoms. The van der Waals surface area contributed by atoms with E-state index in [1.54, 1.807) is 18.2 Å². The fourth-order valence-corrected chi connectivity index (χ4v) is 4.36. The minimum absolute atomic E-state index is 0.0777. The lowest BCUT2D eigenvalue weighted by Crippen LogP contribution is -2.44. The molecule has 0 radical (unpaired) electrons. The normalized spacial score (nSPS) is 26.0. The number of rotatable bonds is 2. The average molecular weight is 350 g/mol. The number of hydrogen-bond donors (Lipinski definition) is 2. The van der Waals surface area contributed by atoms with Crippen LogP contribution in [0.15, 0.2) is 18.2 Å². The highest BCUT2D eigenvalue weighted by Gasteiger charge is 2.42. The number of carbonyl (C=O) groups excluding carboxylic acids is 2. The van der Waals surface area contributed by atoms with E-state index >= 15 is 0 Å². The molecule has 2 aliphatic rings. The van der Waals surface area contributed by atoms with Gasteiger partial charge in [-0.25, -0.2) is 4.79 Å². The molecule has 1 saturated heterocycles.